The first kappa shape index (κ1) is 12.5. The predicted octanol–water partition coefficient (Wildman–Crippen LogP) is 4.12. The van der Waals surface area contributed by atoms with Crippen LogP contribution in [0.2, 0.25) is 0 Å². The Bertz CT molecular complexity index is 329. The second-order valence-electron chi connectivity index (χ2n) is 3.91. The Hall–Kier alpha value is -0.521. The van der Waals surface area contributed by atoms with E-state index >= 15 is 0 Å². The van der Waals surface area contributed by atoms with Gasteiger partial charge in [-0.2, -0.15) is 17.7 Å². The maximum absolute atomic E-state index is 3.41. The summed E-state index contributed by atoms with van der Waals surface area (Å²) in [7, 11) is 0. The van der Waals surface area contributed by atoms with Crippen molar-refractivity contribution in [1.29, 1.82) is 0 Å². The van der Waals surface area contributed by atoms with Gasteiger partial charge in [0.15, 0.2) is 0 Å². The quantitative estimate of drug-likeness (QED) is 0.513. The molecule has 0 aromatic heterocycles. The van der Waals surface area contributed by atoms with E-state index in [1.54, 1.807) is 5.57 Å². The molecule has 0 N–H and O–H groups in total. The summed E-state index contributed by atoms with van der Waals surface area (Å²) in [5, 5.41) is 0. The summed E-state index contributed by atoms with van der Waals surface area (Å²) in [6.07, 6.45) is 18.3. The molecule has 82 valence electrons. The number of hydrogen-bond donors (Lipinski definition) is 0. The fourth-order valence-corrected chi connectivity index (χ4v) is 2.05. The molecule has 0 saturated heterocycles. The van der Waals surface area contributed by atoms with Crippen molar-refractivity contribution in [3.63, 3.8) is 0 Å². The average molecular weight is 241 g/mol. The van der Waals surface area contributed by atoms with Crippen LogP contribution in [0.4, 0.5) is 0 Å². The van der Waals surface area contributed by atoms with Gasteiger partial charge in [0, 0.05) is 17.1 Å². The zero-order valence-corrected chi connectivity index (χ0v) is 10.3. The molecule has 15 heavy (non-hydrogen) atoms. The molecule has 0 aliphatic heterocycles. The first-order valence-electron chi connectivity index (χ1n) is 5.58. The van der Waals surface area contributed by atoms with E-state index in [0.717, 1.165) is 12.8 Å². The molecule has 0 heterocycles. The van der Waals surface area contributed by atoms with Crippen LogP contribution in [0.1, 0.15) is 39.0 Å². The maximum atomic E-state index is 3.41. The SMILES string of the molecule is CCCCC1=C(C2=[C-]CC=C2)CC=C1.[Fe]. The molecule has 0 aromatic rings. The molecule has 2 rings (SSSR count). The fourth-order valence-electron chi connectivity index (χ4n) is 2.05. The second-order valence-corrected chi connectivity index (χ2v) is 3.91. The minimum absolute atomic E-state index is 0. The van der Waals surface area contributed by atoms with Crippen LogP contribution in [0.5, 0.6) is 0 Å². The zero-order chi connectivity index (χ0) is 9.80. The van der Waals surface area contributed by atoms with E-state index in [1.165, 1.54) is 30.4 Å². The molecule has 0 unspecified atom stereocenters. The van der Waals surface area contributed by atoms with Gasteiger partial charge in [-0.15, -0.1) is 11.6 Å². The van der Waals surface area contributed by atoms with Crippen LogP contribution in [-0.4, -0.2) is 0 Å². The monoisotopic (exact) mass is 241 g/mol. The smallest absolute Gasteiger partial charge is 0 e. The molecule has 2 aliphatic carbocycles. The van der Waals surface area contributed by atoms with Gasteiger partial charge in [-0.1, -0.05) is 50.3 Å². The molecule has 0 saturated carbocycles. The van der Waals surface area contributed by atoms with Gasteiger partial charge in [0.25, 0.3) is 0 Å². The third-order valence-corrected chi connectivity index (χ3v) is 2.85. The summed E-state index contributed by atoms with van der Waals surface area (Å²) >= 11 is 0. The van der Waals surface area contributed by atoms with Gasteiger partial charge < -0.3 is 0 Å². The Morgan fingerprint density at radius 2 is 2.13 bits per heavy atom. The van der Waals surface area contributed by atoms with Crippen molar-refractivity contribution in [2.24, 2.45) is 0 Å². The summed E-state index contributed by atoms with van der Waals surface area (Å²) in [6, 6.07) is 0. The fraction of sp³-hybridized carbons (Fsp3) is 0.429. The predicted molar refractivity (Wildman–Crippen MR) is 60.8 cm³/mol. The molecular weight excluding hydrogens is 224 g/mol. The minimum Gasteiger partial charge on any atom is -0.198 e. The van der Waals surface area contributed by atoms with Crippen molar-refractivity contribution in [2.75, 3.05) is 0 Å². The van der Waals surface area contributed by atoms with Crippen LogP contribution < -0.4 is 0 Å². The Kier molecular flexibility index (Phi) is 5.14. The van der Waals surface area contributed by atoms with Crippen LogP contribution in [0, 0.1) is 6.08 Å². The van der Waals surface area contributed by atoms with E-state index in [9.17, 15) is 0 Å². The molecule has 0 aromatic carbocycles. The molecular formula is C14H17Fe-. The van der Waals surface area contributed by atoms with E-state index in [4.69, 9.17) is 0 Å². The molecule has 2 aliphatic rings. The molecule has 0 radical (unpaired) electrons. The summed E-state index contributed by atoms with van der Waals surface area (Å²) in [4.78, 5) is 0. The Labute approximate surface area is 103 Å². The van der Waals surface area contributed by atoms with Crippen LogP contribution in [-0.2, 0) is 17.1 Å². The van der Waals surface area contributed by atoms with E-state index in [-0.39, 0.29) is 17.1 Å². The number of allylic oxidation sites excluding steroid dienone is 8. The summed E-state index contributed by atoms with van der Waals surface area (Å²) < 4.78 is 0. The van der Waals surface area contributed by atoms with Crippen molar-refractivity contribution in [3.8, 4) is 0 Å². The van der Waals surface area contributed by atoms with E-state index < -0.39 is 0 Å². The topological polar surface area (TPSA) is 0 Å². The number of unbranched alkanes of at least 4 members (excludes halogenated alkanes) is 1. The second kappa shape index (κ2) is 6.15. The standard InChI is InChI=1S/C14H17.Fe/c1-2-3-7-12-10-6-11-14(12)13-8-4-5-9-13;/h4,6,8,10H,2-3,5,7,11H2,1H3;/q-1;. The molecule has 0 amide bonds. The van der Waals surface area contributed by atoms with E-state index in [0.29, 0.717) is 0 Å². The van der Waals surface area contributed by atoms with Gasteiger partial charge >= 0.3 is 0 Å². The molecule has 0 atom stereocenters. The van der Waals surface area contributed by atoms with Crippen molar-refractivity contribution in [1.82, 2.24) is 0 Å². The van der Waals surface area contributed by atoms with Crippen molar-refractivity contribution in [2.45, 2.75) is 39.0 Å². The number of hydrogen-bond acceptors (Lipinski definition) is 0. The van der Waals surface area contributed by atoms with Crippen LogP contribution in [0.15, 0.2) is 41.0 Å². The summed E-state index contributed by atoms with van der Waals surface area (Å²) in [5.41, 5.74) is 4.41. The third kappa shape index (κ3) is 2.96. The van der Waals surface area contributed by atoms with Crippen molar-refractivity contribution in [3.05, 3.63) is 47.1 Å². The van der Waals surface area contributed by atoms with Gasteiger partial charge in [-0.3, -0.25) is 0 Å². The van der Waals surface area contributed by atoms with Gasteiger partial charge in [0.05, 0.1) is 0 Å². The van der Waals surface area contributed by atoms with Crippen molar-refractivity contribution >= 4 is 0 Å². The first-order valence-corrected chi connectivity index (χ1v) is 5.58. The number of rotatable bonds is 4. The van der Waals surface area contributed by atoms with Crippen LogP contribution in [0.25, 0.3) is 0 Å². The van der Waals surface area contributed by atoms with Crippen LogP contribution in [0.3, 0.4) is 0 Å². The van der Waals surface area contributed by atoms with Crippen LogP contribution >= 0.6 is 0 Å². The molecule has 0 nitrogen and oxygen atoms in total. The Morgan fingerprint density at radius 1 is 1.27 bits per heavy atom. The third-order valence-electron chi connectivity index (χ3n) is 2.85. The molecule has 0 spiro atoms. The van der Waals surface area contributed by atoms with E-state index in [2.05, 4.69) is 37.3 Å². The largest absolute Gasteiger partial charge is 0.198 e. The minimum atomic E-state index is 0. The molecule has 1 heteroatoms. The summed E-state index contributed by atoms with van der Waals surface area (Å²) in [6.45, 7) is 2.25. The first-order chi connectivity index (χ1) is 6.92. The molecule has 0 bridgehead atoms. The van der Waals surface area contributed by atoms with Gasteiger partial charge in [0.2, 0.25) is 0 Å². The average Bonchev–Trinajstić information content (AvgIpc) is 2.84. The zero-order valence-electron chi connectivity index (χ0n) is 9.20. The maximum Gasteiger partial charge on any atom is 0 e. The van der Waals surface area contributed by atoms with Crippen molar-refractivity contribution < 1.29 is 17.1 Å². The summed E-state index contributed by atoms with van der Waals surface area (Å²) in [5.74, 6) is 0. The van der Waals surface area contributed by atoms with E-state index in [1.807, 2.05) is 0 Å². The van der Waals surface area contributed by atoms with Gasteiger partial charge in [-0.05, 0) is 6.42 Å². The van der Waals surface area contributed by atoms with Gasteiger partial charge in [-0.25, -0.2) is 0 Å². The Morgan fingerprint density at radius 3 is 2.80 bits per heavy atom. The van der Waals surface area contributed by atoms with Gasteiger partial charge in [0.1, 0.15) is 0 Å². The Balaban J connectivity index is 0.00000112. The normalized spacial score (nSPS) is 18.3. The molecule has 0 fully saturated rings.